The molecule has 0 aromatic rings. The molecular formula is C13H25N3O2S. The highest BCUT2D eigenvalue weighted by molar-refractivity contribution is 8.14. The maximum atomic E-state index is 11.8. The number of methoxy groups -OCH3 is 1. The quantitative estimate of drug-likeness (QED) is 0.692. The highest BCUT2D eigenvalue weighted by atomic mass is 32.2. The smallest absolute Gasteiger partial charge is 0.242 e. The third-order valence-corrected chi connectivity index (χ3v) is 3.84. The Balaban J connectivity index is 2.32. The van der Waals surface area contributed by atoms with Crippen molar-refractivity contribution in [3.05, 3.63) is 0 Å². The second-order valence-electron chi connectivity index (χ2n) is 5.18. The number of nitrogens with zero attached hydrogens (tertiary/aromatic N) is 1. The number of thioether (sulfide) groups is 1. The van der Waals surface area contributed by atoms with Crippen molar-refractivity contribution >= 4 is 22.8 Å². The molecule has 0 aliphatic carbocycles. The largest absolute Gasteiger partial charge is 0.383 e. The number of hydrogen-bond acceptors (Lipinski definition) is 5. The fraction of sp³-hybridized carbons (Fsp3) is 0.846. The molecule has 2 N–H and O–H groups in total. The average Bonchev–Trinajstić information content (AvgIpc) is 2.75. The van der Waals surface area contributed by atoms with Crippen LogP contribution in [0.4, 0.5) is 0 Å². The van der Waals surface area contributed by atoms with E-state index in [0.29, 0.717) is 25.1 Å². The van der Waals surface area contributed by atoms with Crippen molar-refractivity contribution in [2.45, 2.75) is 39.3 Å². The third kappa shape index (κ3) is 6.29. The van der Waals surface area contributed by atoms with Crippen LogP contribution in [0.3, 0.4) is 0 Å². The van der Waals surface area contributed by atoms with Crippen LogP contribution in [0.1, 0.15) is 27.2 Å². The zero-order valence-electron chi connectivity index (χ0n) is 12.2. The van der Waals surface area contributed by atoms with Gasteiger partial charge in [0.2, 0.25) is 5.91 Å². The zero-order valence-corrected chi connectivity index (χ0v) is 13.0. The molecular weight excluding hydrogens is 262 g/mol. The van der Waals surface area contributed by atoms with Gasteiger partial charge in [-0.25, -0.2) is 0 Å². The molecule has 1 amide bonds. The lowest BCUT2D eigenvalue weighted by Gasteiger charge is -2.14. The summed E-state index contributed by atoms with van der Waals surface area (Å²) in [6, 6.07) is 0.122. The van der Waals surface area contributed by atoms with Gasteiger partial charge >= 0.3 is 0 Å². The lowest BCUT2D eigenvalue weighted by molar-refractivity contribution is -0.122. The summed E-state index contributed by atoms with van der Waals surface area (Å²) < 4.78 is 4.89. The van der Waals surface area contributed by atoms with E-state index in [4.69, 9.17) is 4.74 Å². The van der Waals surface area contributed by atoms with E-state index in [0.717, 1.165) is 17.3 Å². The summed E-state index contributed by atoms with van der Waals surface area (Å²) in [4.78, 5) is 16.4. The van der Waals surface area contributed by atoms with Gasteiger partial charge in [-0.2, -0.15) is 0 Å². The number of carbonyl (C=O) groups excluding carboxylic acids is 1. The standard InChI is InChI=1S/C13H25N3O2S/c1-9(2)7-11-8-19-13(16-11)15-10(3)12(17)14-5-6-18-4/h9-11H,5-8H2,1-4H3,(H,14,17)(H,15,16). The summed E-state index contributed by atoms with van der Waals surface area (Å²) in [6.07, 6.45) is 1.10. The van der Waals surface area contributed by atoms with Crippen LogP contribution in [0.2, 0.25) is 0 Å². The summed E-state index contributed by atoms with van der Waals surface area (Å²) in [5, 5.41) is 6.87. The van der Waals surface area contributed by atoms with Gasteiger partial charge in [0.25, 0.3) is 0 Å². The normalized spacial score (nSPS) is 20.3. The van der Waals surface area contributed by atoms with Gasteiger partial charge in [-0.1, -0.05) is 25.6 Å². The summed E-state index contributed by atoms with van der Waals surface area (Å²) >= 11 is 1.70. The summed E-state index contributed by atoms with van der Waals surface area (Å²) in [6.45, 7) is 7.33. The molecule has 1 heterocycles. The van der Waals surface area contributed by atoms with Crippen LogP contribution in [0, 0.1) is 5.92 Å². The molecule has 6 heteroatoms. The molecule has 5 nitrogen and oxygen atoms in total. The van der Waals surface area contributed by atoms with Crippen LogP contribution in [0.15, 0.2) is 4.99 Å². The minimum absolute atomic E-state index is 0.0207. The fourth-order valence-corrected chi connectivity index (χ4v) is 2.88. The number of nitrogens with one attached hydrogen (secondary N) is 2. The first-order valence-electron chi connectivity index (χ1n) is 6.76. The van der Waals surface area contributed by atoms with Crippen LogP contribution < -0.4 is 10.6 Å². The molecule has 110 valence electrons. The van der Waals surface area contributed by atoms with E-state index < -0.39 is 0 Å². The molecule has 0 saturated carbocycles. The SMILES string of the molecule is COCCNC(=O)C(C)NC1=NC(CC(C)C)CS1. The zero-order chi connectivity index (χ0) is 14.3. The van der Waals surface area contributed by atoms with Crippen molar-refractivity contribution in [2.24, 2.45) is 10.9 Å². The Labute approximate surface area is 120 Å². The number of carbonyl (C=O) groups is 1. The summed E-state index contributed by atoms with van der Waals surface area (Å²) in [5.41, 5.74) is 0. The van der Waals surface area contributed by atoms with Gasteiger partial charge in [0.15, 0.2) is 5.17 Å². The van der Waals surface area contributed by atoms with Gasteiger partial charge in [-0.15, -0.1) is 0 Å². The van der Waals surface area contributed by atoms with Crippen molar-refractivity contribution < 1.29 is 9.53 Å². The topological polar surface area (TPSA) is 62.7 Å². The van der Waals surface area contributed by atoms with Crippen molar-refractivity contribution in [2.75, 3.05) is 26.0 Å². The minimum Gasteiger partial charge on any atom is -0.383 e. The Morgan fingerprint density at radius 2 is 2.26 bits per heavy atom. The first kappa shape index (κ1) is 16.3. The molecule has 0 aromatic carbocycles. The van der Waals surface area contributed by atoms with Gasteiger partial charge in [0.1, 0.15) is 6.04 Å². The first-order chi connectivity index (χ1) is 9.02. The molecule has 19 heavy (non-hydrogen) atoms. The Hall–Kier alpha value is -0.750. The maximum Gasteiger partial charge on any atom is 0.242 e. The Bertz CT molecular complexity index is 321. The molecule has 1 aliphatic rings. The van der Waals surface area contributed by atoms with E-state index in [1.165, 1.54) is 0 Å². The van der Waals surface area contributed by atoms with Gasteiger partial charge in [0, 0.05) is 19.4 Å². The maximum absolute atomic E-state index is 11.8. The first-order valence-corrected chi connectivity index (χ1v) is 7.75. The number of rotatable bonds is 7. The van der Waals surface area contributed by atoms with Gasteiger partial charge in [-0.3, -0.25) is 9.79 Å². The molecule has 0 radical (unpaired) electrons. The van der Waals surface area contributed by atoms with Crippen LogP contribution in [-0.4, -0.2) is 49.2 Å². The molecule has 0 fully saturated rings. The number of hydrogen-bond donors (Lipinski definition) is 2. The number of ether oxygens (including phenoxy) is 1. The Kier molecular flexibility index (Phi) is 7.23. The van der Waals surface area contributed by atoms with Crippen molar-refractivity contribution in [1.82, 2.24) is 10.6 Å². The predicted octanol–water partition coefficient (Wildman–Crippen LogP) is 1.24. The highest BCUT2D eigenvalue weighted by Crippen LogP contribution is 2.21. The summed E-state index contributed by atoms with van der Waals surface area (Å²) in [7, 11) is 1.62. The lowest BCUT2D eigenvalue weighted by atomic mass is 10.1. The van der Waals surface area contributed by atoms with E-state index in [-0.39, 0.29) is 11.9 Å². The van der Waals surface area contributed by atoms with E-state index in [9.17, 15) is 4.79 Å². The predicted molar refractivity (Wildman–Crippen MR) is 80.6 cm³/mol. The van der Waals surface area contributed by atoms with Gasteiger partial charge < -0.3 is 15.4 Å². The van der Waals surface area contributed by atoms with E-state index >= 15 is 0 Å². The van der Waals surface area contributed by atoms with Gasteiger partial charge in [0.05, 0.1) is 12.6 Å². The van der Waals surface area contributed by atoms with Crippen LogP contribution in [-0.2, 0) is 9.53 Å². The number of amidine groups is 1. The van der Waals surface area contributed by atoms with Crippen LogP contribution in [0.25, 0.3) is 0 Å². The van der Waals surface area contributed by atoms with E-state index in [1.807, 2.05) is 6.92 Å². The third-order valence-electron chi connectivity index (χ3n) is 2.79. The molecule has 0 spiro atoms. The summed E-state index contributed by atoms with van der Waals surface area (Å²) in [5.74, 6) is 1.65. The number of aliphatic imine (C=N–C) groups is 1. The molecule has 0 aromatic heterocycles. The minimum atomic E-state index is -0.263. The van der Waals surface area contributed by atoms with Crippen LogP contribution >= 0.6 is 11.8 Å². The van der Waals surface area contributed by atoms with Crippen molar-refractivity contribution in [3.63, 3.8) is 0 Å². The second kappa shape index (κ2) is 8.43. The Morgan fingerprint density at radius 1 is 1.53 bits per heavy atom. The molecule has 1 aliphatic heterocycles. The molecule has 0 bridgehead atoms. The van der Waals surface area contributed by atoms with Crippen LogP contribution in [0.5, 0.6) is 0 Å². The fourth-order valence-electron chi connectivity index (χ4n) is 1.84. The van der Waals surface area contributed by atoms with E-state index in [2.05, 4.69) is 29.5 Å². The molecule has 2 atom stereocenters. The highest BCUT2D eigenvalue weighted by Gasteiger charge is 2.22. The van der Waals surface area contributed by atoms with Crippen molar-refractivity contribution in [3.8, 4) is 0 Å². The molecule has 1 rings (SSSR count). The Morgan fingerprint density at radius 3 is 2.89 bits per heavy atom. The lowest BCUT2D eigenvalue weighted by Crippen LogP contribution is -2.44. The van der Waals surface area contributed by atoms with Crippen molar-refractivity contribution in [1.29, 1.82) is 0 Å². The van der Waals surface area contributed by atoms with Gasteiger partial charge in [-0.05, 0) is 19.3 Å². The monoisotopic (exact) mass is 287 g/mol. The number of amides is 1. The second-order valence-corrected chi connectivity index (χ2v) is 6.19. The average molecular weight is 287 g/mol. The molecule has 0 saturated heterocycles. The van der Waals surface area contributed by atoms with E-state index in [1.54, 1.807) is 18.9 Å². The molecule has 2 unspecified atom stereocenters.